The minimum absolute atomic E-state index is 0.0165. The Hall–Kier alpha value is -5.00. The molecule has 6 rings (SSSR count). The van der Waals surface area contributed by atoms with E-state index < -0.39 is 40.4 Å². The maximum absolute atomic E-state index is 15.4. The van der Waals surface area contributed by atoms with Crippen molar-refractivity contribution in [2.45, 2.75) is 38.8 Å². The Kier molecular flexibility index (Phi) is 7.44. The largest absolute Gasteiger partial charge is 0.477 e. The predicted molar refractivity (Wildman–Crippen MR) is 161 cm³/mol. The highest BCUT2D eigenvalue weighted by molar-refractivity contribution is 5.99. The molecule has 0 radical (unpaired) electrons. The lowest BCUT2D eigenvalue weighted by Crippen LogP contribution is -2.56. The van der Waals surface area contributed by atoms with Crippen LogP contribution in [0.25, 0.3) is 21.9 Å². The molecule has 44 heavy (non-hydrogen) atoms. The zero-order valence-electron chi connectivity index (χ0n) is 24.2. The van der Waals surface area contributed by atoms with E-state index >= 15 is 4.39 Å². The number of aromatic carboxylic acids is 1. The van der Waals surface area contributed by atoms with Gasteiger partial charge >= 0.3 is 11.6 Å². The smallest absolute Gasteiger partial charge is 0.349 e. The van der Waals surface area contributed by atoms with E-state index in [4.69, 9.17) is 4.42 Å². The third-order valence-electron chi connectivity index (χ3n) is 8.31. The number of piperazine rings is 1. The van der Waals surface area contributed by atoms with Crippen LogP contribution in [0.4, 0.5) is 10.1 Å². The number of pyridine rings is 1. The Morgan fingerprint density at radius 2 is 1.70 bits per heavy atom. The summed E-state index contributed by atoms with van der Waals surface area (Å²) in [5.74, 6) is -3.32. The van der Waals surface area contributed by atoms with Crippen LogP contribution in [0.3, 0.4) is 0 Å². The van der Waals surface area contributed by atoms with Crippen molar-refractivity contribution >= 4 is 45.3 Å². The first kappa shape index (κ1) is 29.1. The number of carbonyl (C=O) groups excluding carboxylic acids is 2. The van der Waals surface area contributed by atoms with E-state index in [1.54, 1.807) is 58.5 Å². The van der Waals surface area contributed by atoms with Crippen LogP contribution in [0.5, 0.6) is 0 Å². The lowest BCUT2D eigenvalue weighted by atomic mass is 10.0. The Morgan fingerprint density at radius 3 is 2.36 bits per heavy atom. The number of amides is 2. The summed E-state index contributed by atoms with van der Waals surface area (Å²) >= 11 is 0. The van der Waals surface area contributed by atoms with Gasteiger partial charge in [-0.2, -0.15) is 0 Å². The van der Waals surface area contributed by atoms with E-state index in [1.165, 1.54) is 12.3 Å². The molecule has 2 aliphatic rings. The molecule has 3 heterocycles. The van der Waals surface area contributed by atoms with Gasteiger partial charge in [-0.25, -0.2) is 14.0 Å². The fourth-order valence-electron chi connectivity index (χ4n) is 5.73. The number of halogens is 1. The van der Waals surface area contributed by atoms with Gasteiger partial charge in [-0.3, -0.25) is 14.4 Å². The molecule has 0 bridgehead atoms. The number of carbonyl (C=O) groups is 3. The predicted octanol–water partition coefficient (Wildman–Crippen LogP) is 3.38. The summed E-state index contributed by atoms with van der Waals surface area (Å²) in [5, 5.41) is 12.8. The quantitative estimate of drug-likeness (QED) is 0.307. The van der Waals surface area contributed by atoms with Crippen molar-refractivity contribution in [3.8, 4) is 0 Å². The number of hydrogen-bond donors (Lipinski definition) is 2. The van der Waals surface area contributed by atoms with Crippen molar-refractivity contribution in [2.75, 3.05) is 31.1 Å². The van der Waals surface area contributed by atoms with E-state index in [2.05, 4.69) is 5.32 Å². The van der Waals surface area contributed by atoms with Crippen LogP contribution in [0, 0.1) is 11.7 Å². The van der Waals surface area contributed by atoms with Crippen LogP contribution in [0.2, 0.25) is 0 Å². The molecule has 0 spiro atoms. The highest BCUT2D eigenvalue weighted by Crippen LogP contribution is 2.38. The summed E-state index contributed by atoms with van der Waals surface area (Å²) in [6, 6.07) is 10.1. The molecule has 1 saturated carbocycles. The molecule has 2 N–H and O–H groups in total. The molecule has 0 unspecified atom stereocenters. The monoisotopic (exact) mass is 602 g/mol. The molecule has 2 aromatic carbocycles. The van der Waals surface area contributed by atoms with Gasteiger partial charge in [-0.05, 0) is 43.0 Å². The Labute approximate surface area is 250 Å². The Balaban J connectivity index is 1.19. The maximum atomic E-state index is 15.4. The minimum atomic E-state index is -1.35. The van der Waals surface area contributed by atoms with Crippen LogP contribution >= 0.6 is 0 Å². The number of para-hydroxylation sites is 1. The van der Waals surface area contributed by atoms with Gasteiger partial charge in [0.15, 0.2) is 0 Å². The van der Waals surface area contributed by atoms with Gasteiger partial charge < -0.3 is 29.2 Å². The fourth-order valence-corrected chi connectivity index (χ4v) is 5.73. The van der Waals surface area contributed by atoms with Gasteiger partial charge in [0, 0.05) is 49.2 Å². The van der Waals surface area contributed by atoms with E-state index in [1.807, 2.05) is 0 Å². The number of fused-ring (bicyclic) bond motifs is 2. The van der Waals surface area contributed by atoms with E-state index in [0.717, 1.165) is 18.9 Å². The first-order valence-electron chi connectivity index (χ1n) is 14.5. The summed E-state index contributed by atoms with van der Waals surface area (Å²) in [4.78, 5) is 67.0. The van der Waals surface area contributed by atoms with Crippen molar-refractivity contribution in [1.82, 2.24) is 14.8 Å². The van der Waals surface area contributed by atoms with Crippen molar-refractivity contribution < 1.29 is 28.3 Å². The molecule has 1 saturated heterocycles. The van der Waals surface area contributed by atoms with Crippen molar-refractivity contribution in [3.63, 3.8) is 0 Å². The summed E-state index contributed by atoms with van der Waals surface area (Å²) in [6.07, 6.45) is 3.01. The van der Waals surface area contributed by atoms with Crippen LogP contribution in [-0.2, 0) is 4.79 Å². The number of benzene rings is 2. The number of rotatable bonds is 7. The first-order valence-corrected chi connectivity index (χ1v) is 14.5. The SMILES string of the molecule is CC(C)[C@H](NC(=O)c1cc2ccccc2oc1=O)C(=O)N1CCN(c2cc3c(cc2F)c(=O)c(C(=O)O)cn3C2CC2)CC1. The summed E-state index contributed by atoms with van der Waals surface area (Å²) in [7, 11) is 0. The van der Waals surface area contributed by atoms with Crippen molar-refractivity contribution in [3.05, 3.63) is 86.2 Å². The maximum Gasteiger partial charge on any atom is 0.349 e. The first-order chi connectivity index (χ1) is 21.0. The number of nitrogens with zero attached hydrogens (tertiary/aromatic N) is 3. The third-order valence-corrected chi connectivity index (χ3v) is 8.31. The second kappa shape index (κ2) is 11.3. The molecule has 2 amide bonds. The van der Waals surface area contributed by atoms with Crippen LogP contribution in [-0.4, -0.2) is 64.6 Å². The second-order valence-electron chi connectivity index (χ2n) is 11.6. The molecule has 11 nitrogen and oxygen atoms in total. The molecule has 1 aliphatic heterocycles. The molecular formula is C32H31FN4O7. The molecule has 1 atom stereocenters. The lowest BCUT2D eigenvalue weighted by molar-refractivity contribution is -0.134. The number of anilines is 1. The van der Waals surface area contributed by atoms with Crippen LogP contribution in [0.1, 0.15) is 53.4 Å². The zero-order chi connectivity index (χ0) is 31.3. The van der Waals surface area contributed by atoms with Gasteiger partial charge in [0.05, 0.1) is 11.2 Å². The Morgan fingerprint density at radius 1 is 1.00 bits per heavy atom. The molecule has 2 aromatic heterocycles. The highest BCUT2D eigenvalue weighted by atomic mass is 19.1. The number of hydrogen-bond acceptors (Lipinski definition) is 7. The Bertz CT molecular complexity index is 1940. The van der Waals surface area contributed by atoms with Gasteiger partial charge in [-0.1, -0.05) is 32.0 Å². The second-order valence-corrected chi connectivity index (χ2v) is 11.6. The van der Waals surface area contributed by atoms with Crippen LogP contribution in [0.15, 0.2) is 62.7 Å². The molecule has 228 valence electrons. The lowest BCUT2D eigenvalue weighted by Gasteiger charge is -2.38. The average Bonchev–Trinajstić information content (AvgIpc) is 3.84. The van der Waals surface area contributed by atoms with Gasteiger partial charge in [0.2, 0.25) is 11.3 Å². The van der Waals surface area contributed by atoms with Gasteiger partial charge in [-0.15, -0.1) is 0 Å². The van der Waals surface area contributed by atoms with Crippen molar-refractivity contribution in [2.24, 2.45) is 5.92 Å². The summed E-state index contributed by atoms with van der Waals surface area (Å²) in [6.45, 7) is 4.68. The minimum Gasteiger partial charge on any atom is -0.477 e. The topological polar surface area (TPSA) is 142 Å². The van der Waals surface area contributed by atoms with Gasteiger partial charge in [0.25, 0.3) is 5.91 Å². The van der Waals surface area contributed by atoms with E-state index in [0.29, 0.717) is 29.6 Å². The number of carboxylic acid groups (broad SMARTS) is 1. The third kappa shape index (κ3) is 5.31. The highest BCUT2D eigenvalue weighted by Gasteiger charge is 2.33. The normalized spacial score (nSPS) is 16.0. The van der Waals surface area contributed by atoms with E-state index in [9.17, 15) is 29.1 Å². The molecule has 2 fully saturated rings. The fraction of sp³-hybridized carbons (Fsp3) is 0.344. The summed E-state index contributed by atoms with van der Waals surface area (Å²) < 4.78 is 22.4. The van der Waals surface area contributed by atoms with Crippen LogP contribution < -0.4 is 21.3 Å². The van der Waals surface area contributed by atoms with Crippen molar-refractivity contribution in [1.29, 1.82) is 0 Å². The zero-order valence-corrected chi connectivity index (χ0v) is 24.2. The van der Waals surface area contributed by atoms with E-state index in [-0.39, 0.29) is 47.6 Å². The molecule has 12 heteroatoms. The molecular weight excluding hydrogens is 571 g/mol. The molecule has 1 aliphatic carbocycles. The standard InChI is InChI=1S/C32H31FN4O7/c1-17(2)27(34-29(39)21-13-18-5-3-4-6-26(18)44-32(21)43)30(40)36-11-9-35(10-12-36)25-15-24-20(14-23(25)33)28(38)22(31(41)42)16-37(24)19-7-8-19/h3-6,13-17,19,27H,7-12H2,1-2H3,(H,34,39)(H,41,42)/t27-/m0/s1. The number of aromatic nitrogens is 1. The number of carboxylic acids is 1. The van der Waals surface area contributed by atoms with Gasteiger partial charge in [0.1, 0.15) is 28.6 Å². The molecule has 4 aromatic rings. The summed E-state index contributed by atoms with van der Waals surface area (Å²) in [5.41, 5.74) is -1.03. The average molecular weight is 603 g/mol. The number of nitrogens with one attached hydrogen (secondary N) is 1.